The van der Waals surface area contributed by atoms with Crippen molar-refractivity contribution in [3.05, 3.63) is 17.6 Å². The number of hydrogen-bond acceptors (Lipinski definition) is 4. The molecule has 0 bridgehead atoms. The van der Waals surface area contributed by atoms with Crippen molar-refractivity contribution in [3.8, 4) is 5.88 Å². The van der Waals surface area contributed by atoms with Gasteiger partial charge in [0, 0.05) is 24.3 Å². The summed E-state index contributed by atoms with van der Waals surface area (Å²) in [6, 6.07) is 0.451. The van der Waals surface area contributed by atoms with Gasteiger partial charge in [-0.05, 0) is 25.7 Å². The van der Waals surface area contributed by atoms with Gasteiger partial charge in [-0.1, -0.05) is 13.8 Å². The zero-order valence-corrected chi connectivity index (χ0v) is 10.9. The van der Waals surface area contributed by atoms with Crippen LogP contribution in [0.2, 0.25) is 0 Å². The summed E-state index contributed by atoms with van der Waals surface area (Å²) in [7, 11) is 0. The molecule has 1 aromatic rings. The van der Waals surface area contributed by atoms with Crippen LogP contribution < -0.4 is 10.1 Å². The van der Waals surface area contributed by atoms with Crippen LogP contribution in [0.4, 0.5) is 0 Å². The molecule has 1 saturated carbocycles. The predicted molar refractivity (Wildman–Crippen MR) is 67.0 cm³/mol. The summed E-state index contributed by atoms with van der Waals surface area (Å²) in [6.45, 7) is 7.70. The maximum Gasteiger partial charge on any atom is 0.221 e. The predicted octanol–water partition coefficient (Wildman–Crippen LogP) is 2.07. The number of aryl methyl sites for hydroxylation is 1. The SMILES string of the molecule is Cc1ncc(CNC(C)C)c(OCC2CC2)n1. The van der Waals surface area contributed by atoms with Crippen molar-refractivity contribution in [1.82, 2.24) is 15.3 Å². The van der Waals surface area contributed by atoms with Gasteiger partial charge >= 0.3 is 0 Å². The number of nitrogens with zero attached hydrogens (tertiary/aromatic N) is 2. The van der Waals surface area contributed by atoms with Crippen molar-refractivity contribution < 1.29 is 4.74 Å². The minimum absolute atomic E-state index is 0.451. The average molecular weight is 235 g/mol. The van der Waals surface area contributed by atoms with E-state index in [4.69, 9.17) is 4.74 Å². The van der Waals surface area contributed by atoms with Crippen LogP contribution in [-0.4, -0.2) is 22.6 Å². The fourth-order valence-corrected chi connectivity index (χ4v) is 1.52. The standard InChI is InChI=1S/C13H21N3O/c1-9(2)14-6-12-7-15-10(3)16-13(12)17-8-11-4-5-11/h7,9,11,14H,4-6,8H2,1-3H3. The number of nitrogens with one attached hydrogen (secondary N) is 1. The Morgan fingerprint density at radius 3 is 2.88 bits per heavy atom. The first-order chi connectivity index (χ1) is 8.15. The fourth-order valence-electron chi connectivity index (χ4n) is 1.52. The Bertz CT molecular complexity index is 375. The highest BCUT2D eigenvalue weighted by Gasteiger charge is 2.22. The third-order valence-corrected chi connectivity index (χ3v) is 2.80. The molecular formula is C13H21N3O. The van der Waals surface area contributed by atoms with E-state index in [1.165, 1.54) is 12.8 Å². The molecule has 1 fully saturated rings. The molecule has 94 valence electrons. The van der Waals surface area contributed by atoms with E-state index in [1.807, 2.05) is 13.1 Å². The molecule has 0 spiro atoms. The first-order valence-corrected chi connectivity index (χ1v) is 6.34. The molecule has 0 radical (unpaired) electrons. The Kier molecular flexibility index (Phi) is 3.94. The molecule has 0 saturated heterocycles. The summed E-state index contributed by atoms with van der Waals surface area (Å²) < 4.78 is 5.78. The molecule has 1 aromatic heterocycles. The second kappa shape index (κ2) is 5.45. The lowest BCUT2D eigenvalue weighted by Gasteiger charge is -2.12. The van der Waals surface area contributed by atoms with Gasteiger partial charge in [0.1, 0.15) is 5.82 Å². The van der Waals surface area contributed by atoms with Crippen LogP contribution in [0.1, 0.15) is 38.1 Å². The average Bonchev–Trinajstić information content (AvgIpc) is 3.08. The highest BCUT2D eigenvalue weighted by molar-refractivity contribution is 5.23. The third kappa shape index (κ3) is 3.97. The van der Waals surface area contributed by atoms with E-state index < -0.39 is 0 Å². The Hall–Kier alpha value is -1.16. The summed E-state index contributed by atoms with van der Waals surface area (Å²) in [4.78, 5) is 8.61. The van der Waals surface area contributed by atoms with E-state index in [0.717, 1.165) is 36.3 Å². The van der Waals surface area contributed by atoms with Crippen LogP contribution in [0, 0.1) is 12.8 Å². The minimum Gasteiger partial charge on any atom is -0.477 e. The summed E-state index contributed by atoms with van der Waals surface area (Å²) in [5.74, 6) is 2.26. The maximum atomic E-state index is 5.78. The van der Waals surface area contributed by atoms with E-state index in [0.29, 0.717) is 6.04 Å². The van der Waals surface area contributed by atoms with Gasteiger partial charge in [0.25, 0.3) is 0 Å². The van der Waals surface area contributed by atoms with E-state index in [-0.39, 0.29) is 0 Å². The molecule has 2 rings (SSSR count). The summed E-state index contributed by atoms with van der Waals surface area (Å²) in [5, 5.41) is 3.36. The van der Waals surface area contributed by atoms with Gasteiger partial charge in [-0.25, -0.2) is 4.98 Å². The van der Waals surface area contributed by atoms with Crippen LogP contribution >= 0.6 is 0 Å². The molecule has 0 aliphatic heterocycles. The highest BCUT2D eigenvalue weighted by atomic mass is 16.5. The van der Waals surface area contributed by atoms with Crippen molar-refractivity contribution in [1.29, 1.82) is 0 Å². The smallest absolute Gasteiger partial charge is 0.221 e. The molecule has 0 aromatic carbocycles. The fraction of sp³-hybridized carbons (Fsp3) is 0.692. The Morgan fingerprint density at radius 2 is 2.24 bits per heavy atom. The first kappa shape index (κ1) is 12.3. The molecule has 1 heterocycles. The quantitative estimate of drug-likeness (QED) is 0.820. The minimum atomic E-state index is 0.451. The number of ether oxygens (including phenoxy) is 1. The molecule has 4 heteroatoms. The van der Waals surface area contributed by atoms with Crippen LogP contribution in [0.15, 0.2) is 6.20 Å². The van der Waals surface area contributed by atoms with Gasteiger partial charge in [0.15, 0.2) is 0 Å². The topological polar surface area (TPSA) is 47.0 Å². The molecular weight excluding hydrogens is 214 g/mol. The van der Waals surface area contributed by atoms with Gasteiger partial charge in [0.2, 0.25) is 5.88 Å². The van der Waals surface area contributed by atoms with Crippen LogP contribution in [0.3, 0.4) is 0 Å². The molecule has 1 aliphatic rings. The number of rotatable bonds is 6. The highest BCUT2D eigenvalue weighted by Crippen LogP contribution is 2.29. The van der Waals surface area contributed by atoms with Crippen molar-refractivity contribution >= 4 is 0 Å². The van der Waals surface area contributed by atoms with Crippen molar-refractivity contribution in [3.63, 3.8) is 0 Å². The van der Waals surface area contributed by atoms with E-state index in [1.54, 1.807) is 0 Å². The molecule has 4 nitrogen and oxygen atoms in total. The lowest BCUT2D eigenvalue weighted by Crippen LogP contribution is -2.22. The zero-order chi connectivity index (χ0) is 12.3. The molecule has 1 N–H and O–H groups in total. The third-order valence-electron chi connectivity index (χ3n) is 2.80. The van der Waals surface area contributed by atoms with Gasteiger partial charge < -0.3 is 10.1 Å². The van der Waals surface area contributed by atoms with Crippen LogP contribution in [0.25, 0.3) is 0 Å². The molecule has 1 aliphatic carbocycles. The van der Waals surface area contributed by atoms with Crippen molar-refractivity contribution in [2.24, 2.45) is 5.92 Å². The molecule has 17 heavy (non-hydrogen) atoms. The van der Waals surface area contributed by atoms with Crippen molar-refractivity contribution in [2.45, 2.75) is 46.2 Å². The normalized spacial score (nSPS) is 15.3. The van der Waals surface area contributed by atoms with E-state index in [2.05, 4.69) is 29.1 Å². The van der Waals surface area contributed by atoms with Gasteiger partial charge in [0.05, 0.1) is 6.61 Å². The lowest BCUT2D eigenvalue weighted by molar-refractivity contribution is 0.283. The summed E-state index contributed by atoms with van der Waals surface area (Å²) >= 11 is 0. The monoisotopic (exact) mass is 235 g/mol. The summed E-state index contributed by atoms with van der Waals surface area (Å²) in [6.07, 6.45) is 4.45. The Morgan fingerprint density at radius 1 is 1.47 bits per heavy atom. The van der Waals surface area contributed by atoms with Crippen LogP contribution in [0.5, 0.6) is 5.88 Å². The van der Waals surface area contributed by atoms with Crippen molar-refractivity contribution in [2.75, 3.05) is 6.61 Å². The van der Waals surface area contributed by atoms with Gasteiger partial charge in [-0.15, -0.1) is 0 Å². The Labute approximate surface area is 103 Å². The van der Waals surface area contributed by atoms with Gasteiger partial charge in [-0.3, -0.25) is 0 Å². The molecule has 0 amide bonds. The molecule has 0 unspecified atom stereocenters. The first-order valence-electron chi connectivity index (χ1n) is 6.34. The second-order valence-corrected chi connectivity index (χ2v) is 5.04. The lowest BCUT2D eigenvalue weighted by atomic mass is 10.3. The summed E-state index contributed by atoms with van der Waals surface area (Å²) in [5.41, 5.74) is 1.05. The van der Waals surface area contributed by atoms with Crippen LogP contribution in [-0.2, 0) is 6.54 Å². The number of aromatic nitrogens is 2. The Balaban J connectivity index is 2.00. The van der Waals surface area contributed by atoms with E-state index in [9.17, 15) is 0 Å². The number of hydrogen-bond donors (Lipinski definition) is 1. The largest absolute Gasteiger partial charge is 0.477 e. The molecule has 0 atom stereocenters. The second-order valence-electron chi connectivity index (χ2n) is 5.04. The van der Waals surface area contributed by atoms with Gasteiger partial charge in [-0.2, -0.15) is 4.98 Å². The zero-order valence-electron chi connectivity index (χ0n) is 10.9. The maximum absolute atomic E-state index is 5.78. The van der Waals surface area contributed by atoms with E-state index >= 15 is 0 Å².